The van der Waals surface area contributed by atoms with Crippen molar-refractivity contribution in [2.24, 2.45) is 0 Å². The minimum atomic E-state index is -4.25. The van der Waals surface area contributed by atoms with E-state index in [-0.39, 0.29) is 5.54 Å². The third-order valence-corrected chi connectivity index (χ3v) is 4.25. The first-order chi connectivity index (χ1) is 9.32. The second-order valence-corrected chi connectivity index (χ2v) is 5.78. The maximum Gasteiger partial charge on any atom is 0.416 e. The molecular formula is C15H21F3N2. The predicted octanol–water partition coefficient (Wildman–Crippen LogP) is 3.28. The Kier molecular flexibility index (Phi) is 4.39. The number of benzene rings is 1. The number of alkyl halides is 3. The molecule has 20 heavy (non-hydrogen) atoms. The van der Waals surface area contributed by atoms with Gasteiger partial charge in [0.2, 0.25) is 0 Å². The number of nitrogens with one attached hydrogen (secondary N) is 1. The molecular weight excluding hydrogens is 265 g/mol. The lowest BCUT2D eigenvalue weighted by Crippen LogP contribution is -2.49. The highest BCUT2D eigenvalue weighted by molar-refractivity contribution is 5.24. The topological polar surface area (TPSA) is 15.3 Å². The molecule has 5 heteroatoms. The molecule has 1 aliphatic heterocycles. The maximum atomic E-state index is 12.5. The predicted molar refractivity (Wildman–Crippen MR) is 73.4 cm³/mol. The number of nitrogens with zero attached hydrogens (tertiary/aromatic N) is 1. The van der Waals surface area contributed by atoms with Crippen LogP contribution in [-0.4, -0.2) is 30.6 Å². The molecule has 1 N–H and O–H groups in total. The van der Waals surface area contributed by atoms with Gasteiger partial charge in [-0.1, -0.05) is 12.1 Å². The number of likely N-dealkylation sites (tertiary alicyclic amines) is 1. The van der Waals surface area contributed by atoms with E-state index in [2.05, 4.69) is 17.1 Å². The average molecular weight is 286 g/mol. The van der Waals surface area contributed by atoms with Gasteiger partial charge in [0.05, 0.1) is 5.56 Å². The Morgan fingerprint density at radius 2 is 1.70 bits per heavy atom. The second kappa shape index (κ2) is 5.74. The lowest BCUT2D eigenvalue weighted by atomic mass is 9.90. The van der Waals surface area contributed by atoms with E-state index >= 15 is 0 Å². The summed E-state index contributed by atoms with van der Waals surface area (Å²) in [5.74, 6) is 0. The van der Waals surface area contributed by atoms with Crippen LogP contribution in [0.1, 0.15) is 30.9 Å². The van der Waals surface area contributed by atoms with Crippen molar-refractivity contribution < 1.29 is 13.2 Å². The summed E-state index contributed by atoms with van der Waals surface area (Å²) < 4.78 is 37.5. The Bertz CT molecular complexity index is 431. The van der Waals surface area contributed by atoms with E-state index < -0.39 is 11.7 Å². The van der Waals surface area contributed by atoms with Gasteiger partial charge in [0, 0.05) is 25.2 Å². The first-order valence-electron chi connectivity index (χ1n) is 6.90. The Hall–Kier alpha value is -1.07. The number of rotatable bonds is 3. The summed E-state index contributed by atoms with van der Waals surface area (Å²) in [6, 6.07) is 5.48. The van der Waals surface area contributed by atoms with Crippen molar-refractivity contribution in [3.63, 3.8) is 0 Å². The third kappa shape index (κ3) is 3.73. The Morgan fingerprint density at radius 3 is 2.15 bits per heavy atom. The maximum absolute atomic E-state index is 12.5. The molecule has 0 amide bonds. The van der Waals surface area contributed by atoms with Gasteiger partial charge in [-0.3, -0.25) is 4.90 Å². The lowest BCUT2D eigenvalue weighted by molar-refractivity contribution is -0.137. The number of hydrogen-bond donors (Lipinski definition) is 1. The largest absolute Gasteiger partial charge is 0.416 e. The molecule has 0 aromatic heterocycles. The van der Waals surface area contributed by atoms with Crippen molar-refractivity contribution in [2.45, 2.75) is 38.0 Å². The van der Waals surface area contributed by atoms with Gasteiger partial charge in [-0.05, 0) is 44.5 Å². The van der Waals surface area contributed by atoms with E-state index in [0.717, 1.165) is 50.2 Å². The van der Waals surface area contributed by atoms with Crippen LogP contribution in [0.25, 0.3) is 0 Å². The summed E-state index contributed by atoms with van der Waals surface area (Å²) in [7, 11) is 1.98. The Balaban J connectivity index is 1.92. The van der Waals surface area contributed by atoms with Gasteiger partial charge in [-0.15, -0.1) is 0 Å². The summed E-state index contributed by atoms with van der Waals surface area (Å²) >= 11 is 0. The molecule has 112 valence electrons. The molecule has 1 saturated heterocycles. The molecule has 1 aromatic carbocycles. The van der Waals surface area contributed by atoms with Crippen molar-refractivity contribution in [1.82, 2.24) is 10.2 Å². The van der Waals surface area contributed by atoms with Crippen LogP contribution < -0.4 is 5.32 Å². The normalized spacial score (nSPS) is 20.1. The van der Waals surface area contributed by atoms with E-state index in [9.17, 15) is 13.2 Å². The molecule has 0 bridgehead atoms. The monoisotopic (exact) mass is 286 g/mol. The zero-order valence-electron chi connectivity index (χ0n) is 11.9. The first kappa shape index (κ1) is 15.3. The van der Waals surface area contributed by atoms with Crippen LogP contribution in [0.2, 0.25) is 0 Å². The van der Waals surface area contributed by atoms with Crippen molar-refractivity contribution in [3.05, 3.63) is 35.4 Å². The Morgan fingerprint density at radius 1 is 1.15 bits per heavy atom. The molecule has 1 heterocycles. The van der Waals surface area contributed by atoms with E-state index in [1.54, 1.807) is 12.1 Å². The molecule has 0 unspecified atom stereocenters. The molecule has 0 saturated carbocycles. The molecule has 0 aliphatic carbocycles. The van der Waals surface area contributed by atoms with Gasteiger partial charge < -0.3 is 5.32 Å². The smallest absolute Gasteiger partial charge is 0.314 e. The van der Waals surface area contributed by atoms with Gasteiger partial charge >= 0.3 is 6.18 Å². The van der Waals surface area contributed by atoms with E-state index in [4.69, 9.17) is 0 Å². The van der Waals surface area contributed by atoms with Gasteiger partial charge in [-0.25, -0.2) is 0 Å². The number of piperidine rings is 1. The van der Waals surface area contributed by atoms with Crippen LogP contribution >= 0.6 is 0 Å². The van der Waals surface area contributed by atoms with Crippen molar-refractivity contribution in [1.29, 1.82) is 0 Å². The molecule has 2 nitrogen and oxygen atoms in total. The second-order valence-electron chi connectivity index (χ2n) is 5.78. The fraction of sp³-hybridized carbons (Fsp3) is 0.600. The van der Waals surface area contributed by atoms with Crippen LogP contribution in [0.15, 0.2) is 24.3 Å². The summed E-state index contributed by atoms with van der Waals surface area (Å²) in [6.07, 6.45) is -2.13. The van der Waals surface area contributed by atoms with Crippen molar-refractivity contribution in [2.75, 3.05) is 20.1 Å². The summed E-state index contributed by atoms with van der Waals surface area (Å²) in [5.41, 5.74) is 0.546. The van der Waals surface area contributed by atoms with Gasteiger partial charge in [-0.2, -0.15) is 13.2 Å². The van der Waals surface area contributed by atoms with E-state index in [0.29, 0.717) is 0 Å². The summed E-state index contributed by atoms with van der Waals surface area (Å²) in [5, 5.41) is 3.34. The van der Waals surface area contributed by atoms with E-state index in [1.165, 1.54) is 0 Å². The molecule has 1 aliphatic rings. The fourth-order valence-corrected chi connectivity index (χ4v) is 2.51. The van der Waals surface area contributed by atoms with Crippen LogP contribution in [0.5, 0.6) is 0 Å². The van der Waals surface area contributed by atoms with E-state index in [1.807, 2.05) is 7.05 Å². The zero-order chi connectivity index (χ0) is 14.8. The lowest BCUT2D eigenvalue weighted by Gasteiger charge is -2.39. The van der Waals surface area contributed by atoms with Crippen LogP contribution in [0.4, 0.5) is 13.2 Å². The first-order valence-corrected chi connectivity index (χ1v) is 6.90. The van der Waals surface area contributed by atoms with Crippen molar-refractivity contribution >= 4 is 0 Å². The van der Waals surface area contributed by atoms with Crippen molar-refractivity contribution in [3.8, 4) is 0 Å². The highest BCUT2D eigenvalue weighted by Gasteiger charge is 2.30. The molecule has 1 aromatic rings. The molecule has 0 radical (unpaired) electrons. The summed E-state index contributed by atoms with van der Waals surface area (Å²) in [6.45, 7) is 4.87. The minimum absolute atomic E-state index is 0.191. The van der Waals surface area contributed by atoms with Gasteiger partial charge in [0.1, 0.15) is 0 Å². The van der Waals surface area contributed by atoms with Crippen LogP contribution in [0.3, 0.4) is 0 Å². The molecule has 0 spiro atoms. The number of halogens is 3. The van der Waals surface area contributed by atoms with Crippen LogP contribution in [-0.2, 0) is 12.7 Å². The SMILES string of the molecule is CNC1(C)CCN(Cc2ccc(C(F)(F)F)cc2)CC1. The average Bonchev–Trinajstić information content (AvgIpc) is 2.41. The Labute approximate surface area is 118 Å². The quantitative estimate of drug-likeness (QED) is 0.917. The van der Waals surface area contributed by atoms with Gasteiger partial charge in [0.25, 0.3) is 0 Å². The molecule has 0 atom stereocenters. The highest BCUT2D eigenvalue weighted by atomic mass is 19.4. The molecule has 1 fully saturated rings. The van der Waals surface area contributed by atoms with Crippen LogP contribution in [0, 0.1) is 0 Å². The van der Waals surface area contributed by atoms with Gasteiger partial charge in [0.15, 0.2) is 0 Å². The third-order valence-electron chi connectivity index (χ3n) is 4.25. The minimum Gasteiger partial charge on any atom is -0.314 e. The summed E-state index contributed by atoms with van der Waals surface area (Å²) in [4.78, 5) is 2.29. The zero-order valence-corrected chi connectivity index (χ0v) is 11.9. The molecule has 2 rings (SSSR count). The standard InChI is InChI=1S/C15H21F3N2/c1-14(19-2)7-9-20(10-8-14)11-12-3-5-13(6-4-12)15(16,17)18/h3-6,19H,7-11H2,1-2H3. The highest BCUT2D eigenvalue weighted by Crippen LogP contribution is 2.29. The number of hydrogen-bond acceptors (Lipinski definition) is 2. The fourth-order valence-electron chi connectivity index (χ4n) is 2.51.